The second kappa shape index (κ2) is 6.56. The molecule has 3 aromatic rings. The Morgan fingerprint density at radius 3 is 2.37 bits per heavy atom. The maximum Gasteiger partial charge on any atom is 0.168 e. The van der Waals surface area contributed by atoms with Gasteiger partial charge < -0.3 is 0 Å². The summed E-state index contributed by atoms with van der Waals surface area (Å²) < 4.78 is 0. The molecule has 2 heterocycles. The molecule has 0 aliphatic rings. The lowest BCUT2D eigenvalue weighted by atomic mass is 10.2. The molecule has 3 rings (SSSR count). The predicted molar refractivity (Wildman–Crippen MR) is 76.8 cm³/mol. The lowest BCUT2D eigenvalue weighted by Gasteiger charge is -1.95. The minimum atomic E-state index is 0.480. The van der Waals surface area contributed by atoms with Crippen molar-refractivity contribution in [1.29, 1.82) is 0 Å². The fourth-order valence-corrected chi connectivity index (χ4v) is 2.03. The molecular formula is C15H11NO2S. The molecule has 0 atom stereocenters. The first-order chi connectivity index (χ1) is 9.33. The highest BCUT2D eigenvalue weighted by molar-refractivity contribution is 7.11. The van der Waals surface area contributed by atoms with Gasteiger partial charge in [0.15, 0.2) is 12.6 Å². The number of pyridine rings is 1. The topological polar surface area (TPSA) is 47.0 Å². The fraction of sp³-hybridized carbons (Fsp3) is 0. The van der Waals surface area contributed by atoms with Crippen LogP contribution in [0.2, 0.25) is 0 Å². The van der Waals surface area contributed by atoms with E-state index in [1.807, 2.05) is 41.8 Å². The molecule has 0 spiro atoms. The SMILES string of the molecule is O=Cc1ccc2ccccc2n1.O=Cc1cccs1. The Kier molecular flexibility index (Phi) is 4.53. The van der Waals surface area contributed by atoms with Gasteiger partial charge in [0.25, 0.3) is 0 Å². The zero-order valence-electron chi connectivity index (χ0n) is 10.0. The standard InChI is InChI=1S/C10H7NO.C5H4OS/c12-7-9-6-5-8-3-1-2-4-10(8)11-9;6-4-5-2-1-3-7-5/h1-7H;1-4H. The second-order valence-corrected chi connectivity index (χ2v) is 4.66. The largest absolute Gasteiger partial charge is 0.297 e. The molecule has 2 aromatic heterocycles. The van der Waals surface area contributed by atoms with Crippen molar-refractivity contribution in [3.63, 3.8) is 0 Å². The van der Waals surface area contributed by atoms with Crippen LogP contribution in [-0.2, 0) is 0 Å². The van der Waals surface area contributed by atoms with Crippen LogP contribution in [0, 0.1) is 0 Å². The molecule has 0 N–H and O–H groups in total. The van der Waals surface area contributed by atoms with Crippen LogP contribution < -0.4 is 0 Å². The van der Waals surface area contributed by atoms with Crippen molar-refractivity contribution >= 4 is 34.8 Å². The van der Waals surface area contributed by atoms with E-state index in [9.17, 15) is 9.59 Å². The van der Waals surface area contributed by atoms with Gasteiger partial charge in [-0.15, -0.1) is 11.3 Å². The molecule has 0 bridgehead atoms. The van der Waals surface area contributed by atoms with Crippen LogP contribution >= 0.6 is 11.3 Å². The maximum absolute atomic E-state index is 10.4. The summed E-state index contributed by atoms with van der Waals surface area (Å²) in [4.78, 5) is 25.2. The first-order valence-corrected chi connectivity index (χ1v) is 6.51. The average Bonchev–Trinajstić information content (AvgIpc) is 3.01. The predicted octanol–water partition coefficient (Wildman–Crippen LogP) is 3.61. The number of carbonyl (C=O) groups is 2. The summed E-state index contributed by atoms with van der Waals surface area (Å²) >= 11 is 1.45. The number of thiophene rings is 1. The Bertz CT molecular complexity index is 677. The Morgan fingerprint density at radius 2 is 1.74 bits per heavy atom. The molecule has 4 heteroatoms. The van der Waals surface area contributed by atoms with Gasteiger partial charge >= 0.3 is 0 Å². The molecule has 0 unspecified atom stereocenters. The number of aromatic nitrogens is 1. The number of aldehydes is 2. The number of nitrogens with zero attached hydrogens (tertiary/aromatic N) is 1. The summed E-state index contributed by atoms with van der Waals surface area (Å²) in [6, 6.07) is 15.0. The first-order valence-electron chi connectivity index (χ1n) is 5.63. The average molecular weight is 269 g/mol. The van der Waals surface area contributed by atoms with Gasteiger partial charge in [-0.3, -0.25) is 9.59 Å². The molecule has 0 fully saturated rings. The van der Waals surface area contributed by atoms with Crippen molar-refractivity contribution in [1.82, 2.24) is 4.98 Å². The van der Waals surface area contributed by atoms with E-state index in [2.05, 4.69) is 4.98 Å². The van der Waals surface area contributed by atoms with Crippen molar-refractivity contribution in [3.8, 4) is 0 Å². The summed E-state index contributed by atoms with van der Waals surface area (Å²) in [5, 5.41) is 2.94. The van der Waals surface area contributed by atoms with Crippen LogP contribution in [0.15, 0.2) is 53.9 Å². The molecule has 3 nitrogen and oxygen atoms in total. The highest BCUT2D eigenvalue weighted by Gasteiger charge is 1.94. The molecule has 0 aliphatic heterocycles. The van der Waals surface area contributed by atoms with Gasteiger partial charge in [-0.25, -0.2) is 4.98 Å². The summed E-state index contributed by atoms with van der Waals surface area (Å²) in [5.74, 6) is 0. The van der Waals surface area contributed by atoms with E-state index in [0.717, 1.165) is 28.4 Å². The van der Waals surface area contributed by atoms with E-state index < -0.39 is 0 Å². The van der Waals surface area contributed by atoms with Gasteiger partial charge in [-0.1, -0.05) is 30.3 Å². The second-order valence-electron chi connectivity index (χ2n) is 3.68. The Balaban J connectivity index is 0.000000163. The zero-order valence-corrected chi connectivity index (χ0v) is 10.8. The number of carbonyl (C=O) groups excluding carboxylic acids is 2. The first kappa shape index (κ1) is 13.1. The Morgan fingerprint density at radius 1 is 0.895 bits per heavy atom. The van der Waals surface area contributed by atoms with Crippen LogP contribution in [-0.4, -0.2) is 17.6 Å². The number of rotatable bonds is 2. The summed E-state index contributed by atoms with van der Waals surface area (Å²) in [6.07, 6.45) is 1.61. The van der Waals surface area contributed by atoms with Crippen LogP contribution in [0.1, 0.15) is 20.2 Å². The van der Waals surface area contributed by atoms with Crippen molar-refractivity contribution in [2.75, 3.05) is 0 Å². The van der Waals surface area contributed by atoms with Gasteiger partial charge in [-0.2, -0.15) is 0 Å². The third kappa shape index (κ3) is 3.56. The summed E-state index contributed by atoms with van der Waals surface area (Å²) in [6.45, 7) is 0. The number of hydrogen-bond acceptors (Lipinski definition) is 4. The van der Waals surface area contributed by atoms with Gasteiger partial charge in [0.1, 0.15) is 5.69 Å². The third-order valence-electron chi connectivity index (χ3n) is 2.40. The molecular weight excluding hydrogens is 258 g/mol. The number of para-hydroxylation sites is 1. The van der Waals surface area contributed by atoms with E-state index in [0.29, 0.717) is 5.69 Å². The molecule has 0 aliphatic carbocycles. The Labute approximate surface area is 114 Å². The third-order valence-corrected chi connectivity index (χ3v) is 3.20. The van der Waals surface area contributed by atoms with Gasteiger partial charge in [0.05, 0.1) is 10.4 Å². The molecule has 94 valence electrons. The number of benzene rings is 1. The molecule has 0 saturated heterocycles. The number of hydrogen-bond donors (Lipinski definition) is 0. The van der Waals surface area contributed by atoms with Crippen LogP contribution in [0.3, 0.4) is 0 Å². The van der Waals surface area contributed by atoms with Gasteiger partial charge in [-0.05, 0) is 23.6 Å². The lowest BCUT2D eigenvalue weighted by molar-refractivity contribution is 0.111. The molecule has 0 saturated carbocycles. The van der Waals surface area contributed by atoms with E-state index >= 15 is 0 Å². The minimum Gasteiger partial charge on any atom is -0.297 e. The van der Waals surface area contributed by atoms with Gasteiger partial charge in [0.2, 0.25) is 0 Å². The smallest absolute Gasteiger partial charge is 0.168 e. The maximum atomic E-state index is 10.4. The highest BCUT2D eigenvalue weighted by Crippen LogP contribution is 2.10. The monoisotopic (exact) mass is 269 g/mol. The van der Waals surface area contributed by atoms with Crippen LogP contribution in [0.25, 0.3) is 10.9 Å². The van der Waals surface area contributed by atoms with Crippen molar-refractivity contribution in [2.24, 2.45) is 0 Å². The molecule has 1 aromatic carbocycles. The summed E-state index contributed by atoms with van der Waals surface area (Å²) in [5.41, 5.74) is 1.34. The van der Waals surface area contributed by atoms with Crippen LogP contribution in [0.5, 0.6) is 0 Å². The van der Waals surface area contributed by atoms with Crippen LogP contribution in [0.4, 0.5) is 0 Å². The van der Waals surface area contributed by atoms with E-state index in [4.69, 9.17) is 0 Å². The van der Waals surface area contributed by atoms with E-state index in [-0.39, 0.29) is 0 Å². The molecule has 0 radical (unpaired) electrons. The highest BCUT2D eigenvalue weighted by atomic mass is 32.1. The van der Waals surface area contributed by atoms with Crippen molar-refractivity contribution < 1.29 is 9.59 Å². The molecule has 0 amide bonds. The lowest BCUT2D eigenvalue weighted by Crippen LogP contribution is -1.85. The molecule has 19 heavy (non-hydrogen) atoms. The fourth-order valence-electron chi connectivity index (χ4n) is 1.51. The Hall–Kier alpha value is -2.33. The van der Waals surface area contributed by atoms with Crippen molar-refractivity contribution in [2.45, 2.75) is 0 Å². The quantitative estimate of drug-likeness (QED) is 0.668. The van der Waals surface area contributed by atoms with Gasteiger partial charge in [0, 0.05) is 5.39 Å². The van der Waals surface area contributed by atoms with Crippen molar-refractivity contribution in [3.05, 3.63) is 64.5 Å². The zero-order chi connectivity index (χ0) is 13.5. The van der Waals surface area contributed by atoms with E-state index in [1.54, 1.807) is 12.1 Å². The summed E-state index contributed by atoms with van der Waals surface area (Å²) in [7, 11) is 0. The normalized spacial score (nSPS) is 9.47. The minimum absolute atomic E-state index is 0.480. The number of fused-ring (bicyclic) bond motifs is 1. The van der Waals surface area contributed by atoms with E-state index in [1.165, 1.54) is 11.3 Å².